The van der Waals surface area contributed by atoms with Gasteiger partial charge in [-0.2, -0.15) is 0 Å². The summed E-state index contributed by atoms with van der Waals surface area (Å²) in [6.45, 7) is 5.14. The highest BCUT2D eigenvalue weighted by atomic mass is 31.0. The number of ketones is 1. The molecule has 0 bridgehead atoms. The van der Waals surface area contributed by atoms with Crippen LogP contribution < -0.4 is 20.7 Å². The number of benzene rings is 4. The van der Waals surface area contributed by atoms with Gasteiger partial charge in [-0.1, -0.05) is 189 Å². The zero-order valence-electron chi connectivity index (χ0n) is 46.3. The predicted molar refractivity (Wildman–Crippen MR) is 307 cm³/mol. The molecule has 18 nitrogen and oxygen atoms in total. The summed E-state index contributed by atoms with van der Waals surface area (Å²) in [5.74, 6) is -3.06. The molecule has 4 aromatic carbocycles. The maximum atomic E-state index is 12.7. The van der Waals surface area contributed by atoms with Crippen LogP contribution >= 0.6 is 9.24 Å². The molecule has 0 aliphatic heterocycles. The van der Waals surface area contributed by atoms with Crippen molar-refractivity contribution >= 4 is 50.0 Å². The number of amides is 2. The van der Waals surface area contributed by atoms with Crippen LogP contribution in [0.2, 0.25) is 0 Å². The number of carbonyl (C=O) groups is 5. The molecule has 0 aliphatic carbocycles. The van der Waals surface area contributed by atoms with Crippen LogP contribution in [-0.2, 0) is 25.7 Å². The number of Topliss-reactive ketones (excluding diaryl/α,β-unsaturated/α-hetero) is 1. The topological polar surface area (TPSA) is 281 Å². The summed E-state index contributed by atoms with van der Waals surface area (Å²) in [5.41, 5.74) is 0.743. The number of unbranched alkanes of at least 4 members (excludes halogenated alkanes) is 14. The molecule has 79 heavy (non-hydrogen) atoms. The Kier molecular flexibility index (Phi) is 36.5. The first-order chi connectivity index (χ1) is 38.0. The number of hydrogen-bond acceptors (Lipinski definition) is 15. The molecule has 436 valence electrons. The number of nitro groups is 1. The van der Waals surface area contributed by atoms with Gasteiger partial charge in [-0.3, -0.25) is 19.7 Å². The van der Waals surface area contributed by atoms with Crippen molar-refractivity contribution in [2.45, 2.75) is 186 Å². The van der Waals surface area contributed by atoms with Gasteiger partial charge in [0, 0.05) is 24.6 Å². The Balaban J connectivity index is 0.000000499. The molecular weight excluding hydrogens is 1030 g/mol. The highest BCUT2D eigenvalue weighted by Gasteiger charge is 2.35. The van der Waals surface area contributed by atoms with Crippen molar-refractivity contribution in [2.24, 2.45) is 0 Å². The molecular formula is C60H86N3O15P. The van der Waals surface area contributed by atoms with Crippen molar-refractivity contribution in [3.8, 4) is 5.75 Å². The van der Waals surface area contributed by atoms with Crippen LogP contribution in [0.3, 0.4) is 0 Å². The van der Waals surface area contributed by atoms with Crippen LogP contribution in [0.4, 0.5) is 10.5 Å². The highest BCUT2D eigenvalue weighted by Crippen LogP contribution is 2.29. The number of hydrogen-bond donors (Lipinski definition) is 7. The monoisotopic (exact) mass is 1120 g/mol. The lowest BCUT2D eigenvalue weighted by atomic mass is 10.0. The lowest BCUT2D eigenvalue weighted by Gasteiger charge is -2.25. The third-order valence-corrected chi connectivity index (χ3v) is 12.9. The van der Waals surface area contributed by atoms with E-state index in [1.165, 1.54) is 94.3 Å². The quantitative estimate of drug-likeness (QED) is 0.00430. The van der Waals surface area contributed by atoms with E-state index in [-0.39, 0.29) is 35.8 Å². The molecule has 4 rings (SSSR count). The van der Waals surface area contributed by atoms with Gasteiger partial charge in [0.1, 0.15) is 37.6 Å². The van der Waals surface area contributed by atoms with Gasteiger partial charge in [-0.05, 0) is 61.3 Å². The molecule has 0 aromatic heterocycles. The minimum atomic E-state index is -2.00. The fourth-order valence-corrected chi connectivity index (χ4v) is 7.97. The van der Waals surface area contributed by atoms with Gasteiger partial charge in [0.15, 0.2) is 11.9 Å². The molecule has 2 amide bonds. The first-order valence-electron chi connectivity index (χ1n) is 27.7. The fraction of sp³-hybridized carbons (Fsp3) is 0.517. The Morgan fingerprint density at radius 2 is 1.16 bits per heavy atom. The van der Waals surface area contributed by atoms with Crippen molar-refractivity contribution in [1.82, 2.24) is 10.6 Å². The van der Waals surface area contributed by atoms with E-state index in [4.69, 9.17) is 14.2 Å². The van der Waals surface area contributed by atoms with E-state index in [2.05, 4.69) is 33.7 Å². The predicted octanol–water partition coefficient (Wildman–Crippen LogP) is 9.40. The SMILES string of the molecule is CCCCCC(O)CCNC(=O)[C@H](O)[C@@H](O)[C@H](O)[C@H](O)COC(=O)c1ccccc1.CCCCCCCCCCCCCCCC(=O)c1ccc(OC(=O)C(C)NC(=O)OCc2ccccc2)c([N+](=O)[O-])c1.Pc1ccccc1. The van der Waals surface area contributed by atoms with Gasteiger partial charge in [-0.15, -0.1) is 9.24 Å². The van der Waals surface area contributed by atoms with E-state index >= 15 is 0 Å². The zero-order valence-corrected chi connectivity index (χ0v) is 47.4. The number of nitro benzene ring substituents is 1. The van der Waals surface area contributed by atoms with Gasteiger partial charge in [0.2, 0.25) is 5.75 Å². The standard InChI is InChI=1S/C33H46N2O7.C21H33NO8.C6H7P/c1-3-4-5-6-7-8-9-10-11-12-13-14-18-21-30(36)28-22-23-31(29(24-28)35(39)40)42-32(37)26(2)34-33(38)41-25-27-19-16-15-17-20-27;1-2-3-5-10-15(23)11-12-22-20(28)19(27)18(26)17(25)16(24)13-30-21(29)14-8-6-4-7-9-14;7-6-4-2-1-3-5-6/h15-17,19-20,22-24,26H,3-14,18,21,25H2,1-2H3,(H,34,38);4,6-9,15-19,23-27H,2-3,5,10-13H2,1H3,(H,22,28);1-5H,7H2/t;15?,16-,17-,18+,19-;/m.1./s1. The number of rotatable bonds is 35. The van der Waals surface area contributed by atoms with Gasteiger partial charge < -0.3 is 50.4 Å². The molecule has 0 heterocycles. The summed E-state index contributed by atoms with van der Waals surface area (Å²) >= 11 is 0. The number of nitrogens with one attached hydrogen (secondary N) is 2. The number of aliphatic hydroxyl groups excluding tert-OH is 5. The molecule has 3 unspecified atom stereocenters. The van der Waals surface area contributed by atoms with E-state index in [0.717, 1.165) is 56.6 Å². The highest BCUT2D eigenvalue weighted by molar-refractivity contribution is 7.27. The molecule has 7 N–H and O–H groups in total. The Bertz CT molecular complexity index is 2330. The number of alkyl carbamates (subject to hydrolysis) is 1. The van der Waals surface area contributed by atoms with Crippen LogP contribution in [-0.4, -0.2) is 110 Å². The van der Waals surface area contributed by atoms with Crippen molar-refractivity contribution in [3.63, 3.8) is 0 Å². The third kappa shape index (κ3) is 30.7. The molecule has 4 aromatic rings. The van der Waals surface area contributed by atoms with Gasteiger partial charge in [0.25, 0.3) is 5.91 Å². The van der Waals surface area contributed by atoms with E-state index < -0.39 is 77.7 Å². The Hall–Kier alpha value is -6.14. The second-order valence-electron chi connectivity index (χ2n) is 19.3. The van der Waals surface area contributed by atoms with E-state index in [9.17, 15) is 59.6 Å². The van der Waals surface area contributed by atoms with Crippen LogP contribution in [0, 0.1) is 10.1 Å². The van der Waals surface area contributed by atoms with Gasteiger partial charge in [-0.25, -0.2) is 14.4 Å². The average Bonchev–Trinajstić information content (AvgIpc) is 3.45. The number of aliphatic hydroxyl groups is 5. The van der Waals surface area contributed by atoms with E-state index in [1.54, 1.807) is 30.3 Å². The largest absolute Gasteiger partial charge is 0.459 e. The van der Waals surface area contributed by atoms with Crippen LogP contribution in [0.1, 0.15) is 169 Å². The number of carbonyl (C=O) groups excluding carboxylic acids is 5. The Labute approximate surface area is 468 Å². The van der Waals surface area contributed by atoms with Crippen molar-refractivity contribution < 1.29 is 68.6 Å². The summed E-state index contributed by atoms with van der Waals surface area (Å²) in [5, 5.41) is 67.1. The van der Waals surface area contributed by atoms with Crippen LogP contribution in [0.5, 0.6) is 5.75 Å². The first kappa shape index (κ1) is 69.0. The smallest absolute Gasteiger partial charge is 0.408 e. The van der Waals surface area contributed by atoms with Crippen molar-refractivity contribution in [1.29, 1.82) is 0 Å². The zero-order chi connectivity index (χ0) is 58.2. The molecule has 7 atom stereocenters. The lowest BCUT2D eigenvalue weighted by Crippen LogP contribution is -2.52. The normalized spacial score (nSPS) is 13.0. The van der Waals surface area contributed by atoms with Crippen molar-refractivity contribution in [3.05, 3.63) is 136 Å². The van der Waals surface area contributed by atoms with Gasteiger partial charge >= 0.3 is 23.7 Å². The minimum absolute atomic E-state index is 0.0225. The van der Waals surface area contributed by atoms with E-state index in [1.807, 2.05) is 48.5 Å². The third-order valence-electron chi connectivity index (χ3n) is 12.5. The average molecular weight is 1120 g/mol. The summed E-state index contributed by atoms with van der Waals surface area (Å²) < 4.78 is 15.1. The Morgan fingerprint density at radius 1 is 0.633 bits per heavy atom. The second kappa shape index (κ2) is 41.8. The van der Waals surface area contributed by atoms with Crippen molar-refractivity contribution in [2.75, 3.05) is 13.2 Å². The molecule has 0 fully saturated rings. The maximum absolute atomic E-state index is 12.7. The fourth-order valence-electron chi connectivity index (χ4n) is 7.75. The lowest BCUT2D eigenvalue weighted by molar-refractivity contribution is -0.385. The van der Waals surface area contributed by atoms with E-state index in [0.29, 0.717) is 19.3 Å². The van der Waals surface area contributed by atoms with Crippen LogP contribution in [0.15, 0.2) is 109 Å². The molecule has 0 radical (unpaired) electrons. The number of ether oxygens (including phenoxy) is 3. The first-order valence-corrected chi connectivity index (χ1v) is 28.3. The maximum Gasteiger partial charge on any atom is 0.408 e. The summed E-state index contributed by atoms with van der Waals surface area (Å²) in [6, 6.07) is 29.8. The van der Waals surface area contributed by atoms with Gasteiger partial charge in [0.05, 0.1) is 16.6 Å². The summed E-state index contributed by atoms with van der Waals surface area (Å²) in [4.78, 5) is 71.9. The number of esters is 2. The molecule has 0 saturated carbocycles. The molecule has 0 aliphatic rings. The molecule has 19 heteroatoms. The summed E-state index contributed by atoms with van der Waals surface area (Å²) in [7, 11) is 2.63. The number of nitrogens with zero attached hydrogens (tertiary/aromatic N) is 1. The van der Waals surface area contributed by atoms with Crippen LogP contribution in [0.25, 0.3) is 0 Å². The summed E-state index contributed by atoms with van der Waals surface area (Å²) in [6.07, 6.45) is 10.8. The Morgan fingerprint density at radius 3 is 1.71 bits per heavy atom. The second-order valence-corrected chi connectivity index (χ2v) is 20.0. The molecule has 0 spiro atoms. The minimum Gasteiger partial charge on any atom is -0.459 e. The molecule has 0 saturated heterocycles.